The fourth-order valence-corrected chi connectivity index (χ4v) is 2.43. The Morgan fingerprint density at radius 2 is 1.92 bits per heavy atom. The minimum absolute atomic E-state index is 0.0619. The Morgan fingerprint density at radius 3 is 2.68 bits per heavy atom. The Morgan fingerprint density at radius 1 is 1.12 bits per heavy atom. The van der Waals surface area contributed by atoms with Crippen molar-refractivity contribution in [3.8, 4) is 5.75 Å². The molecule has 3 rings (SSSR count). The number of furan rings is 1. The summed E-state index contributed by atoms with van der Waals surface area (Å²) < 4.78 is 11.3. The van der Waals surface area contributed by atoms with Gasteiger partial charge in [0.25, 0.3) is 0 Å². The SMILES string of the molecule is Cc1ccc(C(=O)/C=C/c2ccc(COc3cccc(Cl)c3)o2)cc1. The number of ether oxygens (including phenoxy) is 1. The van der Waals surface area contributed by atoms with Gasteiger partial charge in [0, 0.05) is 10.6 Å². The van der Waals surface area contributed by atoms with Crippen molar-refractivity contribution in [2.45, 2.75) is 13.5 Å². The van der Waals surface area contributed by atoms with Crippen LogP contribution >= 0.6 is 11.6 Å². The van der Waals surface area contributed by atoms with Crippen LogP contribution in [0.2, 0.25) is 5.02 Å². The summed E-state index contributed by atoms with van der Waals surface area (Å²) in [5, 5.41) is 0.621. The number of ketones is 1. The van der Waals surface area contributed by atoms with Gasteiger partial charge in [0.2, 0.25) is 0 Å². The van der Waals surface area contributed by atoms with E-state index in [-0.39, 0.29) is 5.78 Å². The molecule has 0 atom stereocenters. The van der Waals surface area contributed by atoms with E-state index in [4.69, 9.17) is 20.8 Å². The average Bonchev–Trinajstić information content (AvgIpc) is 3.06. The third-order valence-electron chi connectivity index (χ3n) is 3.59. The van der Waals surface area contributed by atoms with Gasteiger partial charge in [-0.25, -0.2) is 0 Å². The number of allylic oxidation sites excluding steroid dienone is 1. The highest BCUT2D eigenvalue weighted by Crippen LogP contribution is 2.19. The zero-order chi connectivity index (χ0) is 17.6. The molecule has 0 saturated heterocycles. The summed E-state index contributed by atoms with van der Waals surface area (Å²) >= 11 is 5.92. The number of carbonyl (C=O) groups excluding carboxylic acids is 1. The number of hydrogen-bond acceptors (Lipinski definition) is 3. The van der Waals surface area contributed by atoms with E-state index in [9.17, 15) is 4.79 Å². The molecule has 0 saturated carbocycles. The minimum atomic E-state index is -0.0619. The molecule has 0 radical (unpaired) electrons. The number of rotatable bonds is 6. The van der Waals surface area contributed by atoms with Crippen LogP contribution in [0.5, 0.6) is 5.75 Å². The summed E-state index contributed by atoms with van der Waals surface area (Å²) in [6.45, 7) is 2.28. The smallest absolute Gasteiger partial charge is 0.185 e. The maximum absolute atomic E-state index is 12.1. The molecule has 0 fully saturated rings. The Hall–Kier alpha value is -2.78. The second kappa shape index (κ2) is 7.86. The van der Waals surface area contributed by atoms with Crippen molar-refractivity contribution in [2.24, 2.45) is 0 Å². The third kappa shape index (κ3) is 4.85. The number of benzene rings is 2. The Kier molecular flexibility index (Phi) is 5.36. The largest absolute Gasteiger partial charge is 0.486 e. The molecule has 1 aromatic heterocycles. The average molecular weight is 353 g/mol. The van der Waals surface area contributed by atoms with Crippen molar-refractivity contribution in [2.75, 3.05) is 0 Å². The van der Waals surface area contributed by atoms with Crippen molar-refractivity contribution in [1.82, 2.24) is 0 Å². The number of halogens is 1. The number of carbonyl (C=O) groups is 1. The zero-order valence-corrected chi connectivity index (χ0v) is 14.5. The highest BCUT2D eigenvalue weighted by atomic mass is 35.5. The van der Waals surface area contributed by atoms with E-state index in [1.165, 1.54) is 6.08 Å². The summed E-state index contributed by atoms with van der Waals surface area (Å²) in [5.41, 5.74) is 1.77. The van der Waals surface area contributed by atoms with Gasteiger partial charge in [-0.2, -0.15) is 0 Å². The second-order valence-corrected chi connectivity index (χ2v) is 6.05. The van der Waals surface area contributed by atoms with E-state index >= 15 is 0 Å². The van der Waals surface area contributed by atoms with Gasteiger partial charge in [-0.15, -0.1) is 0 Å². The molecule has 0 unspecified atom stereocenters. The second-order valence-electron chi connectivity index (χ2n) is 5.61. The van der Waals surface area contributed by atoms with Gasteiger partial charge in [-0.3, -0.25) is 4.79 Å². The predicted octanol–water partition coefficient (Wildman–Crippen LogP) is 5.72. The molecule has 4 heteroatoms. The number of aryl methyl sites for hydroxylation is 1. The van der Waals surface area contributed by atoms with Gasteiger partial charge in [0.15, 0.2) is 5.78 Å². The van der Waals surface area contributed by atoms with Crippen LogP contribution in [0.1, 0.15) is 27.4 Å². The molecule has 0 spiro atoms. The maximum atomic E-state index is 12.1. The molecule has 1 heterocycles. The van der Waals surface area contributed by atoms with Crippen LogP contribution in [-0.2, 0) is 6.61 Å². The van der Waals surface area contributed by atoms with Gasteiger partial charge < -0.3 is 9.15 Å². The first-order chi connectivity index (χ1) is 12.1. The zero-order valence-electron chi connectivity index (χ0n) is 13.7. The normalized spacial score (nSPS) is 11.0. The summed E-state index contributed by atoms with van der Waals surface area (Å²) in [5.74, 6) is 1.89. The molecule has 0 aliphatic carbocycles. The topological polar surface area (TPSA) is 39.4 Å². The van der Waals surface area contributed by atoms with Crippen LogP contribution < -0.4 is 4.74 Å². The molecule has 0 N–H and O–H groups in total. The Labute approximate surface area is 151 Å². The van der Waals surface area contributed by atoms with Crippen LogP contribution in [0.4, 0.5) is 0 Å². The summed E-state index contributed by atoms with van der Waals surface area (Å²) in [6.07, 6.45) is 3.16. The first-order valence-electron chi connectivity index (χ1n) is 7.86. The van der Waals surface area contributed by atoms with Gasteiger partial charge >= 0.3 is 0 Å². The van der Waals surface area contributed by atoms with Crippen molar-refractivity contribution >= 4 is 23.5 Å². The van der Waals surface area contributed by atoms with Crippen molar-refractivity contribution in [1.29, 1.82) is 0 Å². The van der Waals surface area contributed by atoms with Crippen molar-refractivity contribution < 1.29 is 13.9 Å². The molecule has 25 heavy (non-hydrogen) atoms. The summed E-state index contributed by atoms with van der Waals surface area (Å²) in [7, 11) is 0. The molecule has 126 valence electrons. The van der Waals surface area contributed by atoms with Crippen LogP contribution in [0.15, 0.2) is 71.2 Å². The third-order valence-corrected chi connectivity index (χ3v) is 3.83. The number of hydrogen-bond donors (Lipinski definition) is 0. The van der Waals surface area contributed by atoms with E-state index in [0.717, 1.165) is 5.56 Å². The molecular formula is C21H17ClO3. The lowest BCUT2D eigenvalue weighted by Gasteiger charge is -2.03. The molecule has 0 amide bonds. The first-order valence-corrected chi connectivity index (χ1v) is 8.24. The predicted molar refractivity (Wildman–Crippen MR) is 99.0 cm³/mol. The van der Waals surface area contributed by atoms with E-state index in [1.54, 1.807) is 24.3 Å². The Balaban J connectivity index is 1.59. The molecule has 2 aromatic carbocycles. The molecular weight excluding hydrogens is 336 g/mol. The lowest BCUT2D eigenvalue weighted by Crippen LogP contribution is -1.93. The lowest BCUT2D eigenvalue weighted by atomic mass is 10.1. The van der Waals surface area contributed by atoms with Gasteiger partial charge in [-0.1, -0.05) is 47.5 Å². The van der Waals surface area contributed by atoms with Crippen LogP contribution in [0.25, 0.3) is 6.08 Å². The van der Waals surface area contributed by atoms with Gasteiger partial charge in [0.05, 0.1) is 0 Å². The van der Waals surface area contributed by atoms with E-state index < -0.39 is 0 Å². The monoisotopic (exact) mass is 352 g/mol. The van der Waals surface area contributed by atoms with Gasteiger partial charge in [0.1, 0.15) is 23.9 Å². The molecule has 0 bridgehead atoms. The quantitative estimate of drug-likeness (QED) is 0.421. The van der Waals surface area contributed by atoms with Gasteiger partial charge in [-0.05, 0) is 49.4 Å². The van der Waals surface area contributed by atoms with Crippen LogP contribution in [-0.4, -0.2) is 5.78 Å². The van der Waals surface area contributed by atoms with Crippen LogP contribution in [0, 0.1) is 6.92 Å². The fraction of sp³-hybridized carbons (Fsp3) is 0.0952. The molecule has 3 aromatic rings. The molecule has 0 aliphatic heterocycles. The maximum Gasteiger partial charge on any atom is 0.185 e. The lowest BCUT2D eigenvalue weighted by molar-refractivity contribution is 0.104. The van der Waals surface area contributed by atoms with Crippen LogP contribution in [0.3, 0.4) is 0 Å². The highest BCUT2D eigenvalue weighted by molar-refractivity contribution is 6.30. The Bertz CT molecular complexity index is 892. The fourth-order valence-electron chi connectivity index (χ4n) is 2.24. The first kappa shape index (κ1) is 17.1. The summed E-state index contributed by atoms with van der Waals surface area (Å²) in [4.78, 5) is 12.1. The molecule has 3 nitrogen and oxygen atoms in total. The van der Waals surface area contributed by atoms with E-state index in [2.05, 4.69) is 0 Å². The minimum Gasteiger partial charge on any atom is -0.486 e. The molecule has 0 aliphatic rings. The van der Waals surface area contributed by atoms with E-state index in [1.807, 2.05) is 49.4 Å². The highest BCUT2D eigenvalue weighted by Gasteiger charge is 2.04. The van der Waals surface area contributed by atoms with Crippen molar-refractivity contribution in [3.63, 3.8) is 0 Å². The summed E-state index contributed by atoms with van der Waals surface area (Å²) in [6, 6.07) is 18.3. The van der Waals surface area contributed by atoms with E-state index in [0.29, 0.717) is 34.5 Å². The standard InChI is InChI=1S/C21H17ClO3/c1-15-5-7-16(8-6-15)21(23)12-11-18-9-10-20(25-18)14-24-19-4-2-3-17(22)13-19/h2-13H,14H2,1H3/b12-11+. The van der Waals surface area contributed by atoms with Crippen molar-refractivity contribution in [3.05, 3.63) is 94.4 Å².